The van der Waals surface area contributed by atoms with Crippen LogP contribution in [0.4, 0.5) is 17.1 Å². The fourth-order valence-electron chi connectivity index (χ4n) is 7.90. The lowest BCUT2D eigenvalue weighted by atomic mass is 10.1. The summed E-state index contributed by atoms with van der Waals surface area (Å²) in [6, 6.07) is 51.0. The van der Waals surface area contributed by atoms with Crippen molar-refractivity contribution in [2.75, 3.05) is 16.3 Å². The van der Waals surface area contributed by atoms with Crippen LogP contribution in [0, 0.1) is 0 Å². The highest BCUT2D eigenvalue weighted by Gasteiger charge is 2.32. The second-order valence-corrected chi connectivity index (χ2v) is 16.5. The maximum Gasteiger partial charge on any atom is 0.287 e. The van der Waals surface area contributed by atoms with Crippen molar-refractivity contribution in [1.82, 2.24) is 14.5 Å². The molecule has 0 amide bonds. The molecule has 0 aliphatic carbocycles. The van der Waals surface area contributed by atoms with Crippen LogP contribution in [-0.2, 0) is 6.54 Å². The van der Waals surface area contributed by atoms with Crippen LogP contribution in [-0.4, -0.2) is 21.1 Å². The van der Waals surface area contributed by atoms with Crippen molar-refractivity contribution < 1.29 is 4.57 Å². The van der Waals surface area contributed by atoms with Crippen LogP contribution in [0.15, 0.2) is 175 Å². The molecule has 0 spiro atoms. The van der Waals surface area contributed by atoms with Gasteiger partial charge in [-0.3, -0.25) is 4.90 Å². The molecule has 0 bridgehead atoms. The molecule has 0 radical (unpaired) electrons. The van der Waals surface area contributed by atoms with E-state index in [1.165, 1.54) is 9.40 Å². The molecule has 1 aliphatic rings. The van der Waals surface area contributed by atoms with E-state index in [2.05, 4.69) is 178 Å². The number of hydrogen-bond acceptors (Lipinski definition) is 6. The zero-order chi connectivity index (χ0) is 39.2. The third-order valence-corrected chi connectivity index (χ3v) is 13.0. The standard InChI is InChI=1S/C49H38ClN6S2/c1-3-53-42-31-33(48-51-38-19-11-13-21-44(38)57-48)23-27-40(42)55(36-15-7-5-8-16-36)46(53)29-25-35(50)26-30-47-54(4-2)43-32-34(49-52-39-20-12-14-22-45(39)58-49)24-28-41(43)56(47)37-17-9-6-10-18-37/h5-32H,3-4H2,1-2H3/q+1. The molecule has 4 heterocycles. The summed E-state index contributed by atoms with van der Waals surface area (Å²) < 4.78 is 7.04. The average molecular weight is 810 g/mol. The maximum atomic E-state index is 7.15. The molecular formula is C49H38ClN6S2+. The highest BCUT2D eigenvalue weighted by atomic mass is 35.5. The molecule has 3 aromatic heterocycles. The van der Waals surface area contributed by atoms with E-state index in [4.69, 9.17) is 21.6 Å². The van der Waals surface area contributed by atoms with Crippen molar-refractivity contribution in [3.8, 4) is 26.8 Å². The first kappa shape index (κ1) is 36.0. The van der Waals surface area contributed by atoms with Crippen molar-refractivity contribution in [3.63, 3.8) is 0 Å². The van der Waals surface area contributed by atoms with Gasteiger partial charge in [0.25, 0.3) is 5.82 Å². The third-order valence-electron chi connectivity index (χ3n) is 10.6. The van der Waals surface area contributed by atoms with E-state index in [1.807, 2.05) is 24.3 Å². The first-order valence-electron chi connectivity index (χ1n) is 19.5. The van der Waals surface area contributed by atoms with Gasteiger partial charge in [0.05, 0.1) is 38.4 Å². The first-order chi connectivity index (χ1) is 28.6. The molecule has 10 rings (SSSR count). The Morgan fingerprint density at radius 3 is 1.91 bits per heavy atom. The number of benzene rings is 6. The third kappa shape index (κ3) is 6.40. The minimum Gasteiger partial charge on any atom is -0.326 e. The summed E-state index contributed by atoms with van der Waals surface area (Å²) >= 11 is 10.6. The molecule has 6 aromatic carbocycles. The number of thiazole rings is 2. The lowest BCUT2D eigenvalue weighted by Crippen LogP contribution is -2.35. The quantitative estimate of drug-likeness (QED) is 0.108. The molecule has 0 unspecified atom stereocenters. The zero-order valence-corrected chi connectivity index (χ0v) is 34.3. The minimum atomic E-state index is 0.616. The van der Waals surface area contributed by atoms with Crippen LogP contribution in [0.3, 0.4) is 0 Å². The van der Waals surface area contributed by atoms with Crippen molar-refractivity contribution in [1.29, 1.82) is 0 Å². The summed E-state index contributed by atoms with van der Waals surface area (Å²) in [5.41, 5.74) is 10.9. The van der Waals surface area contributed by atoms with Crippen molar-refractivity contribution in [3.05, 3.63) is 180 Å². The molecule has 9 heteroatoms. The summed E-state index contributed by atoms with van der Waals surface area (Å²) in [4.78, 5) is 14.6. The van der Waals surface area contributed by atoms with Gasteiger partial charge in [-0.05, 0) is 117 Å². The Balaban J connectivity index is 1.04. The monoisotopic (exact) mass is 809 g/mol. The van der Waals surface area contributed by atoms with Gasteiger partial charge in [0.2, 0.25) is 0 Å². The molecule has 282 valence electrons. The second-order valence-electron chi connectivity index (χ2n) is 14.0. The summed E-state index contributed by atoms with van der Waals surface area (Å²) in [5, 5.41) is 2.65. The number of para-hydroxylation sites is 4. The van der Waals surface area contributed by atoms with E-state index in [0.717, 1.165) is 90.7 Å². The number of allylic oxidation sites excluding steroid dienone is 4. The average Bonchev–Trinajstić information content (AvgIpc) is 4.05. The molecule has 0 fully saturated rings. The van der Waals surface area contributed by atoms with Gasteiger partial charge in [0, 0.05) is 34.5 Å². The van der Waals surface area contributed by atoms with E-state index in [0.29, 0.717) is 5.03 Å². The van der Waals surface area contributed by atoms with Gasteiger partial charge in [-0.25, -0.2) is 14.5 Å². The Morgan fingerprint density at radius 1 is 0.672 bits per heavy atom. The SMILES string of the molecule is CCN1C(=CC=C(Cl)C=Cc2n(-c3ccccc3)c3ccc(-c4nc5ccccc5s4)cc3[n+]2CC)N(c2ccccc2)c2ccc(-c3nc4ccccc4s3)cc21. The molecular weight excluding hydrogens is 772 g/mol. The van der Waals surface area contributed by atoms with Crippen LogP contribution >= 0.6 is 34.3 Å². The fraction of sp³-hybridized carbons (Fsp3) is 0.0816. The molecule has 0 saturated carbocycles. The number of imidazole rings is 1. The number of anilines is 3. The topological polar surface area (TPSA) is 41.1 Å². The van der Waals surface area contributed by atoms with Gasteiger partial charge in [-0.1, -0.05) is 72.3 Å². The molecule has 0 saturated heterocycles. The zero-order valence-electron chi connectivity index (χ0n) is 32.0. The Hall–Kier alpha value is -6.32. The van der Waals surface area contributed by atoms with E-state index in [9.17, 15) is 0 Å². The van der Waals surface area contributed by atoms with E-state index in [1.54, 1.807) is 22.7 Å². The van der Waals surface area contributed by atoms with Crippen LogP contribution in [0.25, 0.3) is 64.4 Å². The first-order valence-corrected chi connectivity index (χ1v) is 21.5. The van der Waals surface area contributed by atoms with Gasteiger partial charge in [0.15, 0.2) is 11.0 Å². The van der Waals surface area contributed by atoms with Crippen molar-refractivity contribution >= 4 is 88.9 Å². The van der Waals surface area contributed by atoms with Gasteiger partial charge < -0.3 is 4.90 Å². The lowest BCUT2D eigenvalue weighted by molar-refractivity contribution is -0.670. The lowest BCUT2D eigenvalue weighted by Gasteiger charge is -2.24. The Morgan fingerprint density at radius 2 is 1.28 bits per heavy atom. The number of aryl methyl sites for hydroxylation is 1. The molecule has 6 nitrogen and oxygen atoms in total. The number of rotatable bonds is 9. The Bertz CT molecular complexity index is 3000. The van der Waals surface area contributed by atoms with E-state index >= 15 is 0 Å². The summed E-state index contributed by atoms with van der Waals surface area (Å²) in [5.74, 6) is 2.06. The number of fused-ring (bicyclic) bond motifs is 4. The molecule has 1 aliphatic heterocycles. The Labute approximate surface area is 350 Å². The van der Waals surface area contributed by atoms with Crippen molar-refractivity contribution in [2.45, 2.75) is 20.4 Å². The number of nitrogens with zero attached hydrogens (tertiary/aromatic N) is 6. The van der Waals surface area contributed by atoms with E-state index in [-0.39, 0.29) is 0 Å². The molecule has 58 heavy (non-hydrogen) atoms. The van der Waals surface area contributed by atoms with Crippen LogP contribution < -0.4 is 14.4 Å². The van der Waals surface area contributed by atoms with E-state index < -0.39 is 0 Å². The van der Waals surface area contributed by atoms with Gasteiger partial charge in [-0.15, -0.1) is 22.7 Å². The minimum absolute atomic E-state index is 0.616. The van der Waals surface area contributed by atoms with Crippen molar-refractivity contribution in [2.24, 2.45) is 0 Å². The number of halogens is 1. The van der Waals surface area contributed by atoms with Crippen LogP contribution in [0.2, 0.25) is 0 Å². The smallest absolute Gasteiger partial charge is 0.287 e. The second kappa shape index (κ2) is 15.2. The molecule has 9 aromatic rings. The number of hydrogen-bond donors (Lipinski definition) is 0. The predicted octanol–water partition coefficient (Wildman–Crippen LogP) is 13.1. The highest BCUT2D eigenvalue weighted by molar-refractivity contribution is 7.22. The largest absolute Gasteiger partial charge is 0.326 e. The van der Waals surface area contributed by atoms with Gasteiger partial charge >= 0.3 is 0 Å². The Kier molecular flexibility index (Phi) is 9.45. The predicted molar refractivity (Wildman–Crippen MR) is 245 cm³/mol. The summed E-state index contributed by atoms with van der Waals surface area (Å²) in [6.45, 7) is 5.94. The summed E-state index contributed by atoms with van der Waals surface area (Å²) in [6.07, 6.45) is 8.27. The summed E-state index contributed by atoms with van der Waals surface area (Å²) in [7, 11) is 0. The van der Waals surface area contributed by atoms with Crippen LogP contribution in [0.1, 0.15) is 19.7 Å². The van der Waals surface area contributed by atoms with Crippen LogP contribution in [0.5, 0.6) is 0 Å². The fourth-order valence-corrected chi connectivity index (χ4v) is 9.95. The maximum absolute atomic E-state index is 7.15. The van der Waals surface area contributed by atoms with Gasteiger partial charge in [-0.2, -0.15) is 4.57 Å². The molecule has 0 N–H and O–H groups in total. The number of aromatic nitrogens is 4. The van der Waals surface area contributed by atoms with Gasteiger partial charge in [0.1, 0.15) is 21.5 Å². The molecule has 0 atom stereocenters. The highest BCUT2D eigenvalue weighted by Crippen LogP contribution is 2.48. The normalized spacial score (nSPS) is 13.9.